The largest absolute Gasteiger partial charge is 0.480 e. The van der Waals surface area contributed by atoms with Gasteiger partial charge < -0.3 is 26.1 Å². The van der Waals surface area contributed by atoms with E-state index in [4.69, 9.17) is 15.7 Å². The van der Waals surface area contributed by atoms with Crippen molar-refractivity contribution in [2.24, 2.45) is 5.16 Å². The molecule has 2 aromatic heterocycles. The number of oxime groups is 1. The number of carbonyl (C=O) groups excluding carboxylic acids is 2. The summed E-state index contributed by atoms with van der Waals surface area (Å²) in [6.45, 7) is 3.08. The molecule has 16 nitrogen and oxygen atoms in total. The number of β-lactam (4-membered cyclic amide) rings is 1. The van der Waals surface area contributed by atoms with Crippen LogP contribution in [-0.2, 0) is 30.6 Å². The molecule has 0 aliphatic carbocycles. The molecular weight excluding hydrogens is 598 g/mol. The quantitative estimate of drug-likeness (QED) is 0.0596. The van der Waals surface area contributed by atoms with Crippen LogP contribution in [0.4, 0.5) is 5.13 Å². The van der Waals surface area contributed by atoms with Crippen LogP contribution in [0.5, 0.6) is 0 Å². The molecule has 2 aliphatic rings. The van der Waals surface area contributed by atoms with Crippen molar-refractivity contribution in [3.8, 4) is 0 Å². The van der Waals surface area contributed by atoms with Crippen LogP contribution in [0.25, 0.3) is 0 Å². The zero-order valence-electron chi connectivity index (χ0n) is 19.6. The number of anilines is 1. The molecule has 0 aromatic carbocycles. The van der Waals surface area contributed by atoms with Gasteiger partial charge in [0.1, 0.15) is 36.0 Å². The number of nitrogen functional groups attached to an aromatic ring is 1. The van der Waals surface area contributed by atoms with Crippen molar-refractivity contribution < 1.29 is 34.2 Å². The van der Waals surface area contributed by atoms with Gasteiger partial charge in [-0.2, -0.15) is 0 Å². The summed E-state index contributed by atoms with van der Waals surface area (Å²) in [7, 11) is 0. The standard InChI is InChI=1S/C19H19N9O7S3.ClH/c1-2-3-35-24-11(9-7-37-18(20)21-9)14(31)22-12-15(32)28-13(17(33)34)8(5-36-16(12)28)6-38-19-23-25-26-27(19)4-10(29)30;/h2,7,12,16H,1,3-6H2,(H2,20,21)(H,22,31)(H,29,30)(H,33,34);1H/b24-11-;/t12?,16-;/m1./s1. The number of carbonyl (C=O) groups is 4. The zero-order valence-corrected chi connectivity index (χ0v) is 22.9. The average Bonchev–Trinajstić information content (AvgIpc) is 3.50. The van der Waals surface area contributed by atoms with E-state index in [0.29, 0.717) is 5.57 Å². The van der Waals surface area contributed by atoms with Crippen LogP contribution in [0.2, 0.25) is 0 Å². The molecule has 0 radical (unpaired) electrons. The lowest BCUT2D eigenvalue weighted by Gasteiger charge is -2.49. The van der Waals surface area contributed by atoms with Crippen molar-refractivity contribution in [2.75, 3.05) is 23.8 Å². The second-order valence-corrected chi connectivity index (χ2v) is 10.5. The molecule has 1 fully saturated rings. The minimum atomic E-state index is -1.31. The van der Waals surface area contributed by atoms with Crippen LogP contribution in [0.3, 0.4) is 0 Å². The van der Waals surface area contributed by atoms with Gasteiger partial charge in [-0.3, -0.25) is 19.3 Å². The molecule has 20 heteroatoms. The number of rotatable bonds is 12. The van der Waals surface area contributed by atoms with Gasteiger partial charge in [0.2, 0.25) is 5.16 Å². The summed E-state index contributed by atoms with van der Waals surface area (Å²) in [6, 6.07) is -1.01. The molecule has 2 aliphatic heterocycles. The van der Waals surface area contributed by atoms with Crippen LogP contribution < -0.4 is 11.1 Å². The first-order chi connectivity index (χ1) is 18.2. The predicted octanol–water partition coefficient (Wildman–Crippen LogP) is -0.344. The van der Waals surface area contributed by atoms with Gasteiger partial charge in [-0.15, -0.1) is 40.6 Å². The second kappa shape index (κ2) is 12.9. The summed E-state index contributed by atoms with van der Waals surface area (Å²) < 4.78 is 1.07. The van der Waals surface area contributed by atoms with Gasteiger partial charge in [-0.1, -0.05) is 29.6 Å². The summed E-state index contributed by atoms with van der Waals surface area (Å²) in [4.78, 5) is 59.3. The highest BCUT2D eigenvalue weighted by atomic mass is 35.5. The number of thiazole rings is 1. The molecule has 4 rings (SSSR count). The predicted molar refractivity (Wildman–Crippen MR) is 142 cm³/mol. The third-order valence-corrected chi connectivity index (χ3v) is 8.08. The molecule has 5 N–H and O–H groups in total. The highest BCUT2D eigenvalue weighted by molar-refractivity contribution is 8.01. The molecule has 39 heavy (non-hydrogen) atoms. The summed E-state index contributed by atoms with van der Waals surface area (Å²) in [6.07, 6.45) is 1.43. The van der Waals surface area contributed by atoms with Crippen molar-refractivity contribution in [2.45, 2.75) is 23.1 Å². The first kappa shape index (κ1) is 29.9. The van der Waals surface area contributed by atoms with Crippen molar-refractivity contribution in [1.29, 1.82) is 0 Å². The number of aliphatic carboxylic acids is 2. The minimum absolute atomic E-state index is 0. The Morgan fingerprint density at radius 2 is 2.15 bits per heavy atom. The zero-order chi connectivity index (χ0) is 27.4. The molecule has 2 amide bonds. The van der Waals surface area contributed by atoms with E-state index in [1.807, 2.05) is 0 Å². The Bertz CT molecular complexity index is 1360. The molecule has 1 unspecified atom stereocenters. The maximum absolute atomic E-state index is 13.0. The molecule has 4 heterocycles. The average molecular weight is 618 g/mol. The number of hydrogen-bond donors (Lipinski definition) is 4. The number of nitrogens with one attached hydrogen (secondary N) is 1. The number of carboxylic acids is 2. The first-order valence-electron chi connectivity index (χ1n) is 10.5. The molecule has 208 valence electrons. The molecule has 0 spiro atoms. The van der Waals surface area contributed by atoms with E-state index in [2.05, 4.69) is 37.6 Å². The fourth-order valence-electron chi connectivity index (χ4n) is 3.44. The summed E-state index contributed by atoms with van der Waals surface area (Å²) >= 11 is 3.40. The van der Waals surface area contributed by atoms with Gasteiger partial charge in [-0.05, 0) is 16.0 Å². The number of nitrogens with zero attached hydrogens (tertiary/aromatic N) is 7. The van der Waals surface area contributed by atoms with Crippen molar-refractivity contribution in [3.63, 3.8) is 0 Å². The van der Waals surface area contributed by atoms with Gasteiger partial charge in [-0.25, -0.2) is 14.5 Å². The maximum Gasteiger partial charge on any atom is 0.352 e. The Morgan fingerprint density at radius 3 is 2.79 bits per heavy atom. The van der Waals surface area contributed by atoms with Gasteiger partial charge in [0.15, 0.2) is 10.8 Å². The summed E-state index contributed by atoms with van der Waals surface area (Å²) in [5.41, 5.74) is 5.84. The van der Waals surface area contributed by atoms with Gasteiger partial charge in [0.25, 0.3) is 11.8 Å². The Balaban J connectivity index is 0.00000420. The van der Waals surface area contributed by atoms with Crippen LogP contribution in [0.15, 0.2) is 39.6 Å². The van der Waals surface area contributed by atoms with Crippen LogP contribution >= 0.6 is 47.3 Å². The number of nitrogens with two attached hydrogens (primary N) is 1. The minimum Gasteiger partial charge on any atom is -0.480 e. The van der Waals surface area contributed by atoms with Crippen LogP contribution in [0, 0.1) is 0 Å². The van der Waals surface area contributed by atoms with E-state index >= 15 is 0 Å². The number of carboxylic acid groups (broad SMARTS) is 2. The van der Waals surface area contributed by atoms with E-state index in [1.54, 1.807) is 0 Å². The Kier molecular flexibility index (Phi) is 9.89. The lowest BCUT2D eigenvalue weighted by molar-refractivity contribution is -0.150. The van der Waals surface area contributed by atoms with E-state index in [1.165, 1.54) is 23.2 Å². The van der Waals surface area contributed by atoms with Crippen LogP contribution in [0.1, 0.15) is 5.69 Å². The molecule has 2 aromatic rings. The molecule has 0 saturated carbocycles. The van der Waals surface area contributed by atoms with Crippen molar-refractivity contribution >= 4 is 81.9 Å². The highest BCUT2D eigenvalue weighted by Gasteiger charge is 2.54. The van der Waals surface area contributed by atoms with Crippen molar-refractivity contribution in [1.82, 2.24) is 35.4 Å². The van der Waals surface area contributed by atoms with E-state index in [-0.39, 0.29) is 57.9 Å². The number of aromatic nitrogens is 5. The fraction of sp³-hybridized carbons (Fsp3) is 0.316. The molecule has 1 saturated heterocycles. The lowest BCUT2D eigenvalue weighted by Crippen LogP contribution is -2.71. The topological polar surface area (TPSA) is 228 Å². The third kappa shape index (κ3) is 6.49. The molecular formula is C19H20ClN9O7S3. The van der Waals surface area contributed by atoms with Crippen LogP contribution in [-0.4, -0.2) is 99.3 Å². The fourth-order valence-corrected chi connectivity index (χ4v) is 6.35. The van der Waals surface area contributed by atoms with Gasteiger partial charge in [0.05, 0.1) is 0 Å². The van der Waals surface area contributed by atoms with Crippen molar-refractivity contribution in [3.05, 3.63) is 35.0 Å². The number of amides is 2. The molecule has 0 bridgehead atoms. The smallest absolute Gasteiger partial charge is 0.352 e. The SMILES string of the molecule is C=CCO/N=C(\C(=O)NC1C(=O)N2C(C(=O)O)=C(CSc3nnnn3CC(=O)O)CS[C@H]12)c1csc(N)n1.Cl. The Morgan fingerprint density at radius 1 is 1.38 bits per heavy atom. The third-order valence-electron chi connectivity index (χ3n) is 5.02. The van der Waals surface area contributed by atoms with Gasteiger partial charge >= 0.3 is 11.9 Å². The monoisotopic (exact) mass is 617 g/mol. The van der Waals surface area contributed by atoms with Gasteiger partial charge in [0, 0.05) is 16.9 Å². The number of thioether (sulfide) groups is 2. The number of fused-ring (bicyclic) bond motifs is 1. The van der Waals surface area contributed by atoms with E-state index in [0.717, 1.165) is 32.7 Å². The summed E-state index contributed by atoms with van der Waals surface area (Å²) in [5.74, 6) is -3.47. The van der Waals surface area contributed by atoms with E-state index in [9.17, 15) is 24.3 Å². The normalized spacial score (nSPS) is 18.5. The first-order valence-corrected chi connectivity index (χ1v) is 13.5. The number of tetrazole rings is 1. The molecule has 2 atom stereocenters. The number of hydrogen-bond acceptors (Lipinski definition) is 14. The Labute approximate surface area is 238 Å². The number of halogens is 1. The second-order valence-electron chi connectivity index (χ2n) is 7.52. The Hall–Kier alpha value is -3.68. The lowest BCUT2D eigenvalue weighted by atomic mass is 10.0. The highest BCUT2D eigenvalue weighted by Crippen LogP contribution is 2.41. The van der Waals surface area contributed by atoms with E-state index < -0.39 is 41.7 Å². The maximum atomic E-state index is 13.0. The summed E-state index contributed by atoms with van der Waals surface area (Å²) in [5, 5.41) is 37.2.